The molecule has 1 aromatic carbocycles. The Bertz CT molecular complexity index is 1020. The van der Waals surface area contributed by atoms with E-state index in [2.05, 4.69) is 72.6 Å². The van der Waals surface area contributed by atoms with Crippen LogP contribution in [0.25, 0.3) is 16.5 Å². The van der Waals surface area contributed by atoms with Crippen LogP contribution >= 0.6 is 0 Å². The van der Waals surface area contributed by atoms with Gasteiger partial charge in [-0.15, -0.1) is 0 Å². The van der Waals surface area contributed by atoms with Crippen molar-refractivity contribution in [2.45, 2.75) is 32.7 Å². The summed E-state index contributed by atoms with van der Waals surface area (Å²) in [6.45, 7) is 9.98. The van der Waals surface area contributed by atoms with Gasteiger partial charge in [-0.25, -0.2) is 4.79 Å². The van der Waals surface area contributed by atoms with Gasteiger partial charge in [0.1, 0.15) is 0 Å². The van der Waals surface area contributed by atoms with E-state index in [0.29, 0.717) is 12.5 Å². The largest absolute Gasteiger partial charge is 0.462 e. The molecule has 4 rings (SSSR count). The van der Waals surface area contributed by atoms with Crippen LogP contribution in [-0.4, -0.2) is 77.7 Å². The zero-order valence-corrected chi connectivity index (χ0v) is 19.8. The second kappa shape index (κ2) is 11.3. The van der Waals surface area contributed by atoms with Gasteiger partial charge in [-0.2, -0.15) is 0 Å². The third kappa shape index (κ3) is 5.37. The van der Waals surface area contributed by atoms with E-state index in [1.165, 1.54) is 27.6 Å². The number of fused-ring (bicyclic) bond motifs is 2. The molecule has 1 aliphatic heterocycles. The number of benzene rings is 1. The molecule has 0 unspecified atom stereocenters. The Balaban J connectivity index is 0.000000292. The summed E-state index contributed by atoms with van der Waals surface area (Å²) in [5.41, 5.74) is 5.21. The monoisotopic (exact) mass is 453 g/mol. The summed E-state index contributed by atoms with van der Waals surface area (Å²) in [5, 5.41) is 9.57. The fourth-order valence-electron chi connectivity index (χ4n) is 4.67. The van der Waals surface area contributed by atoms with Crippen LogP contribution in [0.1, 0.15) is 31.4 Å². The van der Waals surface area contributed by atoms with E-state index in [0.717, 1.165) is 32.1 Å². The molecular weight excluding hydrogens is 418 g/mol. The normalized spacial score (nSPS) is 19.1. The highest BCUT2D eigenvalue weighted by atomic mass is 16.5. The van der Waals surface area contributed by atoms with Gasteiger partial charge in [-0.1, -0.05) is 24.8 Å². The first-order chi connectivity index (χ1) is 15.9. The number of carbonyl (C=O) groups is 2. The molecule has 33 heavy (non-hydrogen) atoms. The molecule has 2 atom stereocenters. The van der Waals surface area contributed by atoms with Gasteiger partial charge in [0.15, 0.2) is 0 Å². The van der Waals surface area contributed by atoms with E-state index in [4.69, 9.17) is 5.11 Å². The van der Waals surface area contributed by atoms with Crippen LogP contribution < -0.4 is 0 Å². The van der Waals surface area contributed by atoms with Crippen LogP contribution in [0.2, 0.25) is 0 Å². The number of H-pyrrole nitrogens is 1. The molecule has 0 saturated heterocycles. The maximum absolute atomic E-state index is 12.9. The molecule has 178 valence electrons. The number of carbonyl (C=O) groups excluding carboxylic acids is 2. The maximum atomic E-state index is 12.9. The first-order valence-corrected chi connectivity index (χ1v) is 11.6. The maximum Gasteiger partial charge on any atom is 0.330 e. The van der Waals surface area contributed by atoms with Crippen LogP contribution in [0.15, 0.2) is 43.1 Å². The zero-order valence-electron chi connectivity index (χ0n) is 19.8. The van der Waals surface area contributed by atoms with Crippen molar-refractivity contribution in [3.63, 3.8) is 0 Å². The Morgan fingerprint density at radius 2 is 2.09 bits per heavy atom. The molecule has 1 aliphatic carbocycles. The van der Waals surface area contributed by atoms with Gasteiger partial charge in [-0.05, 0) is 50.1 Å². The van der Waals surface area contributed by atoms with Crippen LogP contribution in [0.5, 0.6) is 0 Å². The summed E-state index contributed by atoms with van der Waals surface area (Å²) in [5.74, 6) is -0.231. The molecule has 0 radical (unpaired) electrons. The fraction of sp³-hybridized carbons (Fsp3) is 0.462. The first-order valence-electron chi connectivity index (χ1n) is 11.6. The lowest BCUT2D eigenvalue weighted by atomic mass is 9.79. The Kier molecular flexibility index (Phi) is 8.47. The highest BCUT2D eigenvalue weighted by Gasteiger charge is 2.36. The summed E-state index contributed by atoms with van der Waals surface area (Å²) < 4.78 is 4.51. The van der Waals surface area contributed by atoms with E-state index in [9.17, 15) is 9.59 Å². The van der Waals surface area contributed by atoms with Crippen LogP contribution in [0.3, 0.4) is 0 Å². The number of aromatic amines is 1. The van der Waals surface area contributed by atoms with Gasteiger partial charge in [0, 0.05) is 61.9 Å². The van der Waals surface area contributed by atoms with Crippen LogP contribution in [0, 0.1) is 5.92 Å². The summed E-state index contributed by atoms with van der Waals surface area (Å²) in [7, 11) is 2.15. The number of nitrogens with one attached hydrogen (secondary N) is 1. The number of ether oxygens (including phenoxy) is 1. The standard InChI is InChI=1S/C20H25N3O.C6H10O3/c1-4-23(5-2)20(24)14-9-16-15-7-6-8-17-19(15)13(11-21-17)10-18(16)22(3)12-14;1-2-6(8)9-5-3-4-7/h6-9,11,14,18,21H,4-5,10,12H2,1-3H3;2,7H,1,3-5H2/t14-,18-;/m1./s1. The van der Waals surface area contributed by atoms with Gasteiger partial charge >= 0.3 is 5.97 Å². The molecular formula is C26H35N3O4. The van der Waals surface area contributed by atoms with E-state index in [-0.39, 0.29) is 25.0 Å². The van der Waals surface area contributed by atoms with Crippen molar-refractivity contribution in [3.8, 4) is 0 Å². The number of amides is 1. The summed E-state index contributed by atoms with van der Waals surface area (Å²) in [6, 6.07) is 6.82. The van der Waals surface area contributed by atoms with Crippen LogP contribution in [-0.2, 0) is 20.7 Å². The van der Waals surface area contributed by atoms with Crippen molar-refractivity contribution >= 4 is 28.4 Å². The number of likely N-dealkylation sites (N-methyl/N-ethyl adjacent to an activating group) is 1. The van der Waals surface area contributed by atoms with E-state index in [1.54, 1.807) is 0 Å². The minimum atomic E-state index is -0.441. The highest BCUT2D eigenvalue weighted by molar-refractivity contribution is 5.99. The van der Waals surface area contributed by atoms with Crippen molar-refractivity contribution in [3.05, 3.63) is 54.3 Å². The number of hydrogen-bond acceptors (Lipinski definition) is 5. The van der Waals surface area contributed by atoms with E-state index in [1.807, 2.05) is 4.90 Å². The second-order valence-corrected chi connectivity index (χ2v) is 8.39. The van der Waals surface area contributed by atoms with Gasteiger partial charge in [0.25, 0.3) is 0 Å². The van der Waals surface area contributed by atoms with Crippen molar-refractivity contribution in [2.24, 2.45) is 5.92 Å². The first kappa shape index (κ1) is 24.7. The number of aromatic nitrogens is 1. The number of nitrogens with zero attached hydrogens (tertiary/aromatic N) is 2. The molecule has 1 aromatic heterocycles. The Morgan fingerprint density at radius 3 is 2.76 bits per heavy atom. The lowest BCUT2D eigenvalue weighted by Gasteiger charge is -2.40. The van der Waals surface area contributed by atoms with Gasteiger partial charge < -0.3 is 19.7 Å². The van der Waals surface area contributed by atoms with Crippen molar-refractivity contribution in [1.82, 2.24) is 14.8 Å². The summed E-state index contributed by atoms with van der Waals surface area (Å²) in [4.78, 5) is 30.8. The number of hydrogen-bond donors (Lipinski definition) is 2. The second-order valence-electron chi connectivity index (χ2n) is 8.39. The van der Waals surface area contributed by atoms with Crippen molar-refractivity contribution < 1.29 is 19.4 Å². The van der Waals surface area contributed by atoms with Gasteiger partial charge in [-0.3, -0.25) is 9.69 Å². The number of aliphatic hydroxyl groups is 1. The Labute approximate surface area is 195 Å². The molecule has 2 heterocycles. The minimum Gasteiger partial charge on any atom is -0.462 e. The topological polar surface area (TPSA) is 85.9 Å². The molecule has 0 fully saturated rings. The van der Waals surface area contributed by atoms with Crippen molar-refractivity contribution in [2.75, 3.05) is 39.9 Å². The average molecular weight is 454 g/mol. The SMILES string of the molecule is C=CC(=O)OCCCO.CCN(CC)C(=O)[C@@H]1C=C2c3cccc4[nH]cc(c34)C[C@H]2N(C)C1. The third-order valence-electron chi connectivity index (χ3n) is 6.37. The average Bonchev–Trinajstić information content (AvgIpc) is 3.25. The molecule has 1 amide bonds. The molecule has 0 saturated carbocycles. The van der Waals surface area contributed by atoms with E-state index >= 15 is 0 Å². The predicted octanol–water partition coefficient (Wildman–Crippen LogP) is 3.00. The lowest BCUT2D eigenvalue weighted by molar-refractivity contribution is -0.138. The molecule has 2 aromatic rings. The van der Waals surface area contributed by atoms with Gasteiger partial charge in [0.05, 0.1) is 12.5 Å². The quantitative estimate of drug-likeness (QED) is 0.382. The Hall–Kier alpha value is -2.90. The number of esters is 1. The lowest BCUT2D eigenvalue weighted by Crippen LogP contribution is -2.47. The molecule has 0 bridgehead atoms. The summed E-state index contributed by atoms with van der Waals surface area (Å²) >= 11 is 0. The smallest absolute Gasteiger partial charge is 0.330 e. The van der Waals surface area contributed by atoms with Crippen molar-refractivity contribution in [1.29, 1.82) is 0 Å². The Morgan fingerprint density at radius 1 is 1.33 bits per heavy atom. The third-order valence-corrected chi connectivity index (χ3v) is 6.37. The summed E-state index contributed by atoms with van der Waals surface area (Å²) in [6.07, 6.45) is 6.99. The molecule has 7 heteroatoms. The predicted molar refractivity (Wildman–Crippen MR) is 131 cm³/mol. The van der Waals surface area contributed by atoms with E-state index < -0.39 is 5.97 Å². The zero-order chi connectivity index (χ0) is 24.0. The van der Waals surface area contributed by atoms with Crippen LogP contribution in [0.4, 0.5) is 0 Å². The molecule has 7 nitrogen and oxygen atoms in total. The molecule has 0 spiro atoms. The molecule has 2 aliphatic rings. The van der Waals surface area contributed by atoms with Gasteiger partial charge in [0.2, 0.25) is 5.91 Å². The highest BCUT2D eigenvalue weighted by Crippen LogP contribution is 2.40. The molecule has 2 N–H and O–H groups in total. The fourth-order valence-corrected chi connectivity index (χ4v) is 4.67. The minimum absolute atomic E-state index is 0.0445. The number of aliphatic hydroxyl groups excluding tert-OH is 1. The number of rotatable bonds is 7.